The summed E-state index contributed by atoms with van der Waals surface area (Å²) in [4.78, 5) is 31.5. The molecule has 11 heteroatoms. The number of benzene rings is 1. The summed E-state index contributed by atoms with van der Waals surface area (Å²) in [6, 6.07) is 7.44. The number of para-hydroxylation sites is 1. The van der Waals surface area contributed by atoms with Crippen LogP contribution in [0.1, 0.15) is 41.3 Å². The van der Waals surface area contributed by atoms with Gasteiger partial charge < -0.3 is 20.3 Å². The topological polar surface area (TPSA) is 95.5 Å². The molecule has 1 unspecified atom stereocenters. The quantitative estimate of drug-likeness (QED) is 0.363. The molecule has 0 spiro atoms. The van der Waals surface area contributed by atoms with Gasteiger partial charge in [0.05, 0.1) is 29.6 Å². The Morgan fingerprint density at radius 2 is 2.00 bits per heavy atom. The number of piperazine rings is 1. The molecule has 1 aliphatic rings. The van der Waals surface area contributed by atoms with Gasteiger partial charge in [0, 0.05) is 38.8 Å². The van der Waals surface area contributed by atoms with E-state index in [1.54, 1.807) is 12.3 Å². The maximum absolute atomic E-state index is 12.8. The molecule has 2 N–H and O–H groups in total. The number of aryl methyl sites for hydroxylation is 2. The van der Waals surface area contributed by atoms with Crippen LogP contribution >= 0.6 is 22.9 Å². The fraction of sp³-hybridized carbons (Fsp3) is 0.462. The van der Waals surface area contributed by atoms with Gasteiger partial charge >= 0.3 is 0 Å². The van der Waals surface area contributed by atoms with Gasteiger partial charge in [-0.25, -0.2) is 15.0 Å². The van der Waals surface area contributed by atoms with E-state index in [0.29, 0.717) is 38.5 Å². The second-order valence-electron chi connectivity index (χ2n) is 9.12. The van der Waals surface area contributed by atoms with Crippen molar-refractivity contribution in [3.8, 4) is 0 Å². The number of thiazole rings is 1. The molecule has 4 rings (SSSR count). The Labute approximate surface area is 227 Å². The Kier molecular flexibility index (Phi) is 9.31. The van der Waals surface area contributed by atoms with E-state index in [9.17, 15) is 4.79 Å². The van der Waals surface area contributed by atoms with Crippen LogP contribution in [0.3, 0.4) is 0 Å². The molecule has 0 saturated carbocycles. The standard InChI is InChI=1S/C26H34ClN7O2S/c1-5-18(3)36-14-13-33-9-11-34(12-10-33)23-15-22(29-19(4)30-23)31-26-28-16-21(37-26)25(35)32-24-17(2)7-6-8-20(24)27/h6-8,15-16,18H,5,9-14H2,1-4H3,(H,32,35)(H,28,29,30,31). The molecule has 198 valence electrons. The van der Waals surface area contributed by atoms with Gasteiger partial charge in [-0.15, -0.1) is 0 Å². The van der Waals surface area contributed by atoms with Crippen LogP contribution in [0.15, 0.2) is 30.5 Å². The number of hydrogen-bond donors (Lipinski definition) is 2. The van der Waals surface area contributed by atoms with Crippen LogP contribution in [0.25, 0.3) is 0 Å². The number of carbonyl (C=O) groups excluding carboxylic acids is 1. The fourth-order valence-electron chi connectivity index (χ4n) is 3.99. The van der Waals surface area contributed by atoms with E-state index in [1.165, 1.54) is 11.3 Å². The molecule has 37 heavy (non-hydrogen) atoms. The Balaban J connectivity index is 1.35. The minimum Gasteiger partial charge on any atom is -0.377 e. The number of rotatable bonds is 10. The molecule has 0 radical (unpaired) electrons. The van der Waals surface area contributed by atoms with Gasteiger partial charge in [0.2, 0.25) is 0 Å². The van der Waals surface area contributed by atoms with Gasteiger partial charge in [-0.05, 0) is 38.8 Å². The zero-order chi connectivity index (χ0) is 26.4. The van der Waals surface area contributed by atoms with E-state index in [1.807, 2.05) is 32.0 Å². The van der Waals surface area contributed by atoms with Crippen molar-refractivity contribution in [3.63, 3.8) is 0 Å². The number of nitrogens with zero attached hydrogens (tertiary/aromatic N) is 5. The van der Waals surface area contributed by atoms with E-state index >= 15 is 0 Å². The SMILES string of the molecule is CCC(C)OCCN1CCN(c2cc(Nc3ncc(C(=O)Nc4c(C)cccc4Cl)s3)nc(C)n2)CC1. The zero-order valence-electron chi connectivity index (χ0n) is 21.8. The molecule has 3 heterocycles. The average Bonchev–Trinajstić information content (AvgIpc) is 3.34. The van der Waals surface area contributed by atoms with Crippen molar-refractivity contribution in [2.45, 2.75) is 40.2 Å². The third-order valence-corrected chi connectivity index (χ3v) is 7.56. The summed E-state index contributed by atoms with van der Waals surface area (Å²) in [5, 5.41) is 7.20. The van der Waals surface area contributed by atoms with Crippen LogP contribution in [-0.4, -0.2) is 71.2 Å². The first-order valence-corrected chi connectivity index (χ1v) is 13.8. The fourth-order valence-corrected chi connectivity index (χ4v) is 4.98. The first kappa shape index (κ1) is 27.3. The summed E-state index contributed by atoms with van der Waals surface area (Å²) >= 11 is 7.50. The highest BCUT2D eigenvalue weighted by Gasteiger charge is 2.20. The summed E-state index contributed by atoms with van der Waals surface area (Å²) in [6.07, 6.45) is 2.90. The van der Waals surface area contributed by atoms with Crippen LogP contribution < -0.4 is 15.5 Å². The lowest BCUT2D eigenvalue weighted by atomic mass is 10.2. The molecule has 3 aromatic rings. The van der Waals surface area contributed by atoms with Gasteiger partial charge in [-0.2, -0.15) is 0 Å². The smallest absolute Gasteiger partial charge is 0.267 e. The van der Waals surface area contributed by atoms with Gasteiger partial charge in [0.15, 0.2) is 5.13 Å². The van der Waals surface area contributed by atoms with Crippen LogP contribution in [0.4, 0.5) is 22.5 Å². The largest absolute Gasteiger partial charge is 0.377 e. The van der Waals surface area contributed by atoms with Gasteiger partial charge in [0.25, 0.3) is 5.91 Å². The van der Waals surface area contributed by atoms with Crippen molar-refractivity contribution in [1.82, 2.24) is 19.9 Å². The lowest BCUT2D eigenvalue weighted by molar-refractivity contribution is 0.0453. The van der Waals surface area contributed by atoms with Crippen LogP contribution in [0.2, 0.25) is 5.02 Å². The number of anilines is 4. The van der Waals surface area contributed by atoms with Gasteiger partial charge in [-0.1, -0.05) is 42.0 Å². The second-order valence-corrected chi connectivity index (χ2v) is 10.6. The highest BCUT2D eigenvalue weighted by molar-refractivity contribution is 7.17. The molecule has 1 fully saturated rings. The van der Waals surface area contributed by atoms with E-state index < -0.39 is 0 Å². The number of aromatic nitrogens is 3. The first-order chi connectivity index (χ1) is 17.8. The number of carbonyl (C=O) groups is 1. The predicted molar refractivity (Wildman–Crippen MR) is 151 cm³/mol. The summed E-state index contributed by atoms with van der Waals surface area (Å²) in [5.74, 6) is 1.95. The van der Waals surface area contributed by atoms with Crippen LogP contribution in [0, 0.1) is 13.8 Å². The summed E-state index contributed by atoms with van der Waals surface area (Å²) in [7, 11) is 0. The van der Waals surface area contributed by atoms with Crippen molar-refractivity contribution in [3.05, 3.63) is 51.7 Å². The Hall–Kier alpha value is -2.79. The third kappa shape index (κ3) is 7.38. The molecule has 9 nitrogen and oxygen atoms in total. The Bertz CT molecular complexity index is 1190. The van der Waals surface area contributed by atoms with Crippen molar-refractivity contribution in [2.24, 2.45) is 0 Å². The molecular weight excluding hydrogens is 510 g/mol. The molecule has 0 aliphatic carbocycles. The maximum Gasteiger partial charge on any atom is 0.267 e. The highest BCUT2D eigenvalue weighted by atomic mass is 35.5. The Morgan fingerprint density at radius 3 is 2.73 bits per heavy atom. The molecule has 0 bridgehead atoms. The molecule has 1 amide bonds. The third-order valence-electron chi connectivity index (χ3n) is 6.33. The van der Waals surface area contributed by atoms with Crippen LogP contribution in [-0.2, 0) is 4.74 Å². The zero-order valence-corrected chi connectivity index (χ0v) is 23.3. The van der Waals surface area contributed by atoms with Crippen molar-refractivity contribution in [2.75, 3.05) is 54.9 Å². The molecule has 1 atom stereocenters. The van der Waals surface area contributed by atoms with Gasteiger partial charge in [0.1, 0.15) is 22.3 Å². The first-order valence-electron chi connectivity index (χ1n) is 12.6. The average molecular weight is 544 g/mol. The van der Waals surface area contributed by atoms with Crippen molar-refractivity contribution >= 4 is 51.3 Å². The summed E-state index contributed by atoms with van der Waals surface area (Å²) < 4.78 is 5.83. The molecular formula is C26H34ClN7O2S. The number of halogens is 1. The predicted octanol–water partition coefficient (Wildman–Crippen LogP) is 5.14. The van der Waals surface area contributed by atoms with Gasteiger partial charge in [-0.3, -0.25) is 9.69 Å². The van der Waals surface area contributed by atoms with Crippen LogP contribution in [0.5, 0.6) is 0 Å². The van der Waals surface area contributed by atoms with E-state index in [-0.39, 0.29) is 5.91 Å². The van der Waals surface area contributed by atoms with Crippen molar-refractivity contribution < 1.29 is 9.53 Å². The normalized spacial score (nSPS) is 15.0. The molecule has 1 saturated heterocycles. The van der Waals surface area contributed by atoms with E-state index in [0.717, 1.165) is 57.1 Å². The number of nitrogens with one attached hydrogen (secondary N) is 2. The number of ether oxygens (including phenoxy) is 1. The summed E-state index contributed by atoms with van der Waals surface area (Å²) in [6.45, 7) is 13.5. The highest BCUT2D eigenvalue weighted by Crippen LogP contribution is 2.28. The maximum atomic E-state index is 12.8. The lowest BCUT2D eigenvalue weighted by Crippen LogP contribution is -2.47. The number of hydrogen-bond acceptors (Lipinski definition) is 9. The molecule has 2 aromatic heterocycles. The summed E-state index contributed by atoms with van der Waals surface area (Å²) in [5.41, 5.74) is 1.50. The molecule has 1 aromatic carbocycles. The minimum absolute atomic E-state index is 0.256. The second kappa shape index (κ2) is 12.6. The minimum atomic E-state index is -0.256. The number of amides is 1. The lowest BCUT2D eigenvalue weighted by Gasteiger charge is -2.35. The van der Waals surface area contributed by atoms with E-state index in [4.69, 9.17) is 16.3 Å². The van der Waals surface area contributed by atoms with Crippen molar-refractivity contribution in [1.29, 1.82) is 0 Å². The Morgan fingerprint density at radius 1 is 1.22 bits per heavy atom. The molecule has 1 aliphatic heterocycles. The van der Waals surface area contributed by atoms with E-state index in [2.05, 4.69) is 49.2 Å². The monoisotopic (exact) mass is 543 g/mol.